The summed E-state index contributed by atoms with van der Waals surface area (Å²) in [7, 11) is -5.74. The van der Waals surface area contributed by atoms with Gasteiger partial charge in [-0.1, -0.05) is 135 Å². The van der Waals surface area contributed by atoms with E-state index in [-0.39, 0.29) is 22.7 Å². The minimum Gasteiger partial charge on any atom is -0.534 e. The number of allylic oxidation sites excluding steroid dienone is 2. The molecule has 0 unspecified atom stereocenters. The molecule has 0 saturated heterocycles. The molecule has 0 atom stereocenters. The second-order valence-corrected chi connectivity index (χ2v) is 18.3. The lowest BCUT2D eigenvalue weighted by molar-refractivity contribution is 0.0991. The van der Waals surface area contributed by atoms with E-state index in [1.165, 1.54) is 12.2 Å². The van der Waals surface area contributed by atoms with E-state index in [2.05, 4.69) is 62.4 Å². The molecule has 0 spiro atoms. The van der Waals surface area contributed by atoms with Gasteiger partial charge in [0.05, 0.1) is 11.1 Å². The maximum Gasteiger partial charge on any atom is 0.314 e. The predicted molar refractivity (Wildman–Crippen MR) is 182 cm³/mol. The highest BCUT2D eigenvalue weighted by atomic mass is 28.4. The fraction of sp³-hybridized carbons (Fsp3) is 0.105. The molecule has 6 rings (SSSR count). The van der Waals surface area contributed by atoms with Gasteiger partial charge in [-0.15, -0.1) is 0 Å². The van der Waals surface area contributed by atoms with Crippen LogP contribution in [0, 0.1) is 0 Å². The quantitative estimate of drug-likeness (QED) is 0.184. The summed E-state index contributed by atoms with van der Waals surface area (Å²) in [5, 5.41) is 4.38. The maximum atomic E-state index is 13.7. The van der Waals surface area contributed by atoms with Crippen molar-refractivity contribution in [1.29, 1.82) is 0 Å². The van der Waals surface area contributed by atoms with E-state index in [0.29, 0.717) is 11.5 Å². The summed E-state index contributed by atoms with van der Waals surface area (Å²) in [4.78, 5) is 27.4. The molecule has 6 heteroatoms. The van der Waals surface area contributed by atoms with E-state index in [1.807, 2.05) is 84.9 Å². The molecule has 0 radical (unpaired) electrons. The van der Waals surface area contributed by atoms with Crippen LogP contribution >= 0.6 is 0 Å². The molecule has 0 aromatic heterocycles. The van der Waals surface area contributed by atoms with Gasteiger partial charge >= 0.3 is 16.6 Å². The monoisotopic (exact) mass is 610 g/mol. The highest BCUT2D eigenvalue weighted by molar-refractivity contribution is 6.98. The summed E-state index contributed by atoms with van der Waals surface area (Å²) in [5.74, 6) is 0.311. The molecule has 5 aromatic carbocycles. The van der Waals surface area contributed by atoms with Crippen molar-refractivity contribution in [2.24, 2.45) is 0 Å². The summed E-state index contributed by atoms with van der Waals surface area (Å²) in [6.45, 7) is 4.26. The van der Waals surface area contributed by atoms with E-state index >= 15 is 0 Å². The van der Waals surface area contributed by atoms with Crippen LogP contribution in [0.3, 0.4) is 0 Å². The Morgan fingerprint density at radius 1 is 0.432 bits per heavy atom. The molecule has 4 nitrogen and oxygen atoms in total. The molecule has 5 aromatic rings. The lowest BCUT2D eigenvalue weighted by Crippen LogP contribution is -2.63. The van der Waals surface area contributed by atoms with Gasteiger partial charge < -0.3 is 8.85 Å². The largest absolute Gasteiger partial charge is 0.534 e. The molecule has 0 heterocycles. The van der Waals surface area contributed by atoms with E-state index in [9.17, 15) is 9.59 Å². The first-order valence-electron chi connectivity index (χ1n) is 15.1. The average molecular weight is 611 g/mol. The molecule has 218 valence electrons. The fourth-order valence-electron chi connectivity index (χ4n) is 6.28. The highest BCUT2D eigenvalue weighted by Gasteiger charge is 2.44. The average Bonchev–Trinajstić information content (AvgIpc) is 3.09. The Hall–Kier alpha value is -4.79. The van der Waals surface area contributed by atoms with Crippen LogP contribution in [0.2, 0.25) is 12.1 Å². The summed E-state index contributed by atoms with van der Waals surface area (Å²) in [5.41, 5.74) is 0.541. The van der Waals surface area contributed by atoms with Crippen LogP contribution in [-0.4, -0.2) is 28.2 Å². The minimum atomic E-state index is -2.87. The number of carbonyl (C=O) groups is 2. The van der Waals surface area contributed by atoms with Crippen LogP contribution in [0.5, 0.6) is 11.5 Å². The summed E-state index contributed by atoms with van der Waals surface area (Å²) in [6.07, 6.45) is 2.70. The third-order valence-electron chi connectivity index (χ3n) is 8.53. The normalized spacial score (nSPS) is 13.0. The molecule has 0 amide bonds. The Bertz CT molecular complexity index is 1590. The molecule has 0 saturated carbocycles. The first kappa shape index (κ1) is 29.3. The van der Waals surface area contributed by atoms with Crippen LogP contribution in [0.1, 0.15) is 34.6 Å². The van der Waals surface area contributed by atoms with Gasteiger partial charge in [-0.25, -0.2) is 0 Å². The number of hydrogen-bond donors (Lipinski definition) is 0. The third-order valence-corrected chi connectivity index (χ3v) is 16.7. The van der Waals surface area contributed by atoms with Crippen molar-refractivity contribution in [2.45, 2.75) is 25.9 Å². The second kappa shape index (κ2) is 12.4. The zero-order valence-corrected chi connectivity index (χ0v) is 26.9. The van der Waals surface area contributed by atoms with Crippen molar-refractivity contribution in [3.05, 3.63) is 157 Å². The van der Waals surface area contributed by atoms with E-state index < -0.39 is 16.6 Å². The SMILES string of the molecule is CC[Si](Oc1ccc(O[Si](CC)(c2ccccc2)c2ccccc2)c2c1C(=O)C=CC2=O)(c1ccccc1)c1ccccc1. The van der Waals surface area contributed by atoms with E-state index in [1.54, 1.807) is 0 Å². The Balaban J connectivity index is 1.53. The van der Waals surface area contributed by atoms with Crippen LogP contribution < -0.4 is 29.6 Å². The summed E-state index contributed by atoms with van der Waals surface area (Å²) < 4.78 is 14.2. The van der Waals surface area contributed by atoms with Gasteiger partial charge in [-0.3, -0.25) is 9.59 Å². The molecular formula is C38H34O4Si2. The molecule has 44 heavy (non-hydrogen) atoms. The molecule has 1 aliphatic carbocycles. The van der Waals surface area contributed by atoms with E-state index in [4.69, 9.17) is 8.85 Å². The fourth-order valence-corrected chi connectivity index (χ4v) is 13.4. The number of ketones is 2. The number of carbonyl (C=O) groups excluding carboxylic acids is 2. The number of fused-ring (bicyclic) bond motifs is 1. The van der Waals surface area contributed by atoms with Gasteiger partial charge in [0.2, 0.25) is 0 Å². The lowest BCUT2D eigenvalue weighted by Gasteiger charge is -2.35. The maximum absolute atomic E-state index is 13.7. The Morgan fingerprint density at radius 2 is 0.705 bits per heavy atom. The van der Waals surface area contributed by atoms with Crippen molar-refractivity contribution in [2.75, 3.05) is 0 Å². The van der Waals surface area contributed by atoms with E-state index in [0.717, 1.165) is 32.8 Å². The van der Waals surface area contributed by atoms with Crippen LogP contribution in [0.4, 0.5) is 0 Å². The zero-order chi connectivity index (χ0) is 30.6. The van der Waals surface area contributed by atoms with Crippen molar-refractivity contribution in [3.63, 3.8) is 0 Å². The van der Waals surface area contributed by atoms with Gasteiger partial charge in [-0.2, -0.15) is 0 Å². The molecule has 0 aliphatic heterocycles. The molecule has 1 aliphatic rings. The van der Waals surface area contributed by atoms with Crippen molar-refractivity contribution < 1.29 is 18.4 Å². The van der Waals surface area contributed by atoms with Crippen molar-refractivity contribution in [1.82, 2.24) is 0 Å². The second-order valence-electron chi connectivity index (χ2n) is 10.9. The minimum absolute atomic E-state index is 0.261. The predicted octanol–water partition coefficient (Wildman–Crippen LogP) is 5.94. The Kier molecular flexibility index (Phi) is 8.28. The molecule has 0 bridgehead atoms. The topological polar surface area (TPSA) is 52.6 Å². The standard InChI is InChI=1S/C38H34O4Si2/c1-3-43(29-17-9-5-10-18-29,30-19-11-6-12-20-30)41-35-27-28-36(38-34(40)26-25-33(39)37(35)38)42-44(4-2,31-21-13-7-14-22-31)32-23-15-8-16-24-32/h5-28H,3-4H2,1-2H3. The summed E-state index contributed by atoms with van der Waals surface area (Å²) >= 11 is 0. The van der Waals surface area contributed by atoms with Crippen LogP contribution in [0.15, 0.2) is 146 Å². The van der Waals surface area contributed by atoms with Gasteiger partial charge in [0, 0.05) is 0 Å². The van der Waals surface area contributed by atoms with Gasteiger partial charge in [0.15, 0.2) is 11.6 Å². The van der Waals surface area contributed by atoms with Crippen LogP contribution in [0.25, 0.3) is 0 Å². The highest BCUT2D eigenvalue weighted by Crippen LogP contribution is 2.37. The first-order valence-corrected chi connectivity index (χ1v) is 19.3. The summed E-state index contributed by atoms with van der Waals surface area (Å²) in [6, 6.07) is 46.0. The number of benzene rings is 5. The lowest BCUT2D eigenvalue weighted by atomic mass is 9.93. The van der Waals surface area contributed by atoms with Gasteiger partial charge in [-0.05, 0) is 57.1 Å². The molecule has 0 N–H and O–H groups in total. The molecular weight excluding hydrogens is 577 g/mol. The first-order chi connectivity index (χ1) is 21.5. The number of rotatable bonds is 10. The van der Waals surface area contributed by atoms with Gasteiger partial charge in [0.1, 0.15) is 11.5 Å². The number of hydrogen-bond acceptors (Lipinski definition) is 4. The Morgan fingerprint density at radius 3 is 0.955 bits per heavy atom. The Labute approximate surface area is 260 Å². The van der Waals surface area contributed by atoms with Crippen molar-refractivity contribution >= 4 is 48.9 Å². The van der Waals surface area contributed by atoms with Gasteiger partial charge in [0.25, 0.3) is 0 Å². The smallest absolute Gasteiger partial charge is 0.314 e. The zero-order valence-electron chi connectivity index (χ0n) is 24.9. The van der Waals surface area contributed by atoms with Crippen LogP contribution in [-0.2, 0) is 0 Å². The third kappa shape index (κ3) is 5.16. The van der Waals surface area contributed by atoms with Crippen molar-refractivity contribution in [3.8, 4) is 11.5 Å². The molecule has 0 fully saturated rings.